The monoisotopic (exact) mass is 310 g/mol. The maximum atomic E-state index is 12.7. The minimum atomic E-state index is -0.384. The number of hydrogen-bond acceptors (Lipinski definition) is 2. The molecular weight excluding hydrogens is 288 g/mol. The minimum absolute atomic E-state index is 0.0818. The van der Waals surface area contributed by atoms with E-state index >= 15 is 0 Å². The molecular formula is C19H22N2O2. The van der Waals surface area contributed by atoms with Gasteiger partial charge in [0.15, 0.2) is 0 Å². The van der Waals surface area contributed by atoms with Crippen LogP contribution in [0.1, 0.15) is 19.4 Å². The molecule has 4 heteroatoms. The lowest BCUT2D eigenvalue weighted by Crippen LogP contribution is -2.57. The fourth-order valence-corrected chi connectivity index (χ4v) is 2.83. The van der Waals surface area contributed by atoms with E-state index in [0.717, 1.165) is 17.9 Å². The summed E-state index contributed by atoms with van der Waals surface area (Å²) in [7, 11) is 0. The molecule has 0 radical (unpaired) electrons. The predicted molar refractivity (Wildman–Crippen MR) is 92.0 cm³/mol. The summed E-state index contributed by atoms with van der Waals surface area (Å²) in [4.78, 5) is 14.5. The molecule has 0 saturated heterocycles. The number of amides is 2. The molecule has 0 unspecified atom stereocenters. The maximum absolute atomic E-state index is 12.7. The SMILES string of the molecule is CC1(C)COc2ccccc2N1C(=O)NCCc1ccccc1. The van der Waals surface area contributed by atoms with E-state index in [2.05, 4.69) is 17.4 Å². The molecule has 0 fully saturated rings. The summed E-state index contributed by atoms with van der Waals surface area (Å²) in [5, 5.41) is 3.03. The van der Waals surface area contributed by atoms with Crippen LogP contribution in [0.25, 0.3) is 0 Å². The van der Waals surface area contributed by atoms with E-state index in [1.807, 2.05) is 56.3 Å². The van der Waals surface area contributed by atoms with Crippen molar-refractivity contribution in [1.29, 1.82) is 0 Å². The minimum Gasteiger partial charge on any atom is -0.489 e. The van der Waals surface area contributed by atoms with Gasteiger partial charge in [0.25, 0.3) is 0 Å². The van der Waals surface area contributed by atoms with Gasteiger partial charge >= 0.3 is 6.03 Å². The summed E-state index contributed by atoms with van der Waals surface area (Å²) in [5.74, 6) is 0.755. The van der Waals surface area contributed by atoms with Crippen LogP contribution in [0.3, 0.4) is 0 Å². The fourth-order valence-electron chi connectivity index (χ4n) is 2.83. The molecule has 1 N–H and O–H groups in total. The van der Waals surface area contributed by atoms with Gasteiger partial charge in [-0.25, -0.2) is 4.79 Å². The van der Waals surface area contributed by atoms with E-state index < -0.39 is 0 Å². The van der Waals surface area contributed by atoms with Gasteiger partial charge in [-0.1, -0.05) is 42.5 Å². The van der Waals surface area contributed by atoms with Crippen molar-refractivity contribution in [2.24, 2.45) is 0 Å². The molecule has 120 valence electrons. The van der Waals surface area contributed by atoms with Crippen LogP contribution in [-0.4, -0.2) is 24.7 Å². The van der Waals surface area contributed by atoms with Crippen LogP contribution >= 0.6 is 0 Å². The van der Waals surface area contributed by atoms with Crippen molar-refractivity contribution in [3.8, 4) is 5.75 Å². The molecule has 1 aliphatic rings. The highest BCUT2D eigenvalue weighted by molar-refractivity contribution is 5.95. The van der Waals surface area contributed by atoms with Crippen molar-refractivity contribution in [1.82, 2.24) is 5.32 Å². The maximum Gasteiger partial charge on any atom is 0.322 e. The van der Waals surface area contributed by atoms with Crippen molar-refractivity contribution in [2.75, 3.05) is 18.1 Å². The quantitative estimate of drug-likeness (QED) is 0.941. The van der Waals surface area contributed by atoms with Gasteiger partial charge in [0.2, 0.25) is 0 Å². The molecule has 0 saturated carbocycles. The number of fused-ring (bicyclic) bond motifs is 1. The van der Waals surface area contributed by atoms with E-state index in [0.29, 0.717) is 13.2 Å². The van der Waals surface area contributed by atoms with E-state index in [1.165, 1.54) is 5.56 Å². The molecule has 1 aliphatic heterocycles. The standard InChI is InChI=1S/C19H22N2O2/c1-19(2)14-23-17-11-7-6-10-16(17)21(19)18(22)20-13-12-15-8-4-3-5-9-15/h3-11H,12-14H2,1-2H3,(H,20,22). The van der Waals surface area contributed by atoms with Gasteiger partial charge in [0.05, 0.1) is 11.2 Å². The lowest BCUT2D eigenvalue weighted by atomic mass is 10.0. The first kappa shape index (κ1) is 15.4. The van der Waals surface area contributed by atoms with Gasteiger partial charge in [-0.15, -0.1) is 0 Å². The topological polar surface area (TPSA) is 41.6 Å². The Kier molecular flexibility index (Phi) is 4.24. The molecule has 23 heavy (non-hydrogen) atoms. The second-order valence-electron chi connectivity index (χ2n) is 6.37. The Labute approximate surface area is 137 Å². The van der Waals surface area contributed by atoms with Crippen LogP contribution in [0, 0.1) is 0 Å². The Morgan fingerprint density at radius 3 is 2.61 bits per heavy atom. The number of urea groups is 1. The molecule has 1 heterocycles. The van der Waals surface area contributed by atoms with Crippen LogP contribution in [0.4, 0.5) is 10.5 Å². The number of hydrogen-bond donors (Lipinski definition) is 1. The first-order valence-corrected chi connectivity index (χ1v) is 7.92. The summed E-state index contributed by atoms with van der Waals surface area (Å²) < 4.78 is 5.77. The highest BCUT2D eigenvalue weighted by Crippen LogP contribution is 2.37. The highest BCUT2D eigenvalue weighted by atomic mass is 16.5. The molecule has 0 bridgehead atoms. The van der Waals surface area contributed by atoms with Crippen molar-refractivity contribution >= 4 is 11.7 Å². The Balaban J connectivity index is 1.70. The van der Waals surface area contributed by atoms with Gasteiger partial charge in [-0.3, -0.25) is 4.90 Å². The van der Waals surface area contributed by atoms with Crippen LogP contribution in [-0.2, 0) is 6.42 Å². The molecule has 0 aromatic heterocycles. The van der Waals surface area contributed by atoms with E-state index in [9.17, 15) is 4.79 Å². The summed E-state index contributed by atoms with van der Waals surface area (Å²) in [6.07, 6.45) is 0.818. The number of rotatable bonds is 3. The summed E-state index contributed by atoms with van der Waals surface area (Å²) in [5.41, 5.74) is 1.65. The molecule has 2 aromatic rings. The Bertz CT molecular complexity index is 683. The molecule has 2 aromatic carbocycles. The molecule has 2 amide bonds. The average Bonchev–Trinajstić information content (AvgIpc) is 2.55. The molecule has 3 rings (SSSR count). The number of carbonyl (C=O) groups is 1. The third kappa shape index (κ3) is 3.31. The lowest BCUT2D eigenvalue weighted by Gasteiger charge is -2.42. The predicted octanol–water partition coefficient (Wildman–Crippen LogP) is 3.62. The molecule has 0 spiro atoms. The second-order valence-corrected chi connectivity index (χ2v) is 6.37. The van der Waals surface area contributed by atoms with Gasteiger partial charge in [0, 0.05) is 6.54 Å². The number of carbonyl (C=O) groups excluding carboxylic acids is 1. The van der Waals surface area contributed by atoms with Gasteiger partial charge < -0.3 is 10.1 Å². The van der Waals surface area contributed by atoms with Crippen molar-refractivity contribution in [3.05, 3.63) is 60.2 Å². The number of benzene rings is 2. The zero-order valence-electron chi connectivity index (χ0n) is 13.6. The van der Waals surface area contributed by atoms with Gasteiger partial charge in [0.1, 0.15) is 12.4 Å². The third-order valence-corrected chi connectivity index (χ3v) is 4.03. The van der Waals surface area contributed by atoms with Gasteiger partial charge in [-0.05, 0) is 38.0 Å². The number of ether oxygens (including phenoxy) is 1. The van der Waals surface area contributed by atoms with Gasteiger partial charge in [-0.2, -0.15) is 0 Å². The lowest BCUT2D eigenvalue weighted by molar-refractivity contribution is 0.200. The summed E-state index contributed by atoms with van der Waals surface area (Å²) in [6, 6.07) is 17.7. The molecule has 4 nitrogen and oxygen atoms in total. The van der Waals surface area contributed by atoms with Crippen molar-refractivity contribution in [3.63, 3.8) is 0 Å². The van der Waals surface area contributed by atoms with E-state index in [1.54, 1.807) is 4.90 Å². The second kappa shape index (κ2) is 6.32. The largest absolute Gasteiger partial charge is 0.489 e. The smallest absolute Gasteiger partial charge is 0.322 e. The normalized spacial score (nSPS) is 15.5. The molecule has 0 atom stereocenters. The summed E-state index contributed by atoms with van der Waals surface area (Å²) >= 11 is 0. The van der Waals surface area contributed by atoms with E-state index in [-0.39, 0.29) is 11.6 Å². The van der Waals surface area contributed by atoms with Crippen LogP contribution in [0.2, 0.25) is 0 Å². The first-order valence-electron chi connectivity index (χ1n) is 7.92. The van der Waals surface area contributed by atoms with Crippen molar-refractivity contribution in [2.45, 2.75) is 25.8 Å². The number of para-hydroxylation sites is 2. The zero-order valence-corrected chi connectivity index (χ0v) is 13.6. The highest BCUT2D eigenvalue weighted by Gasteiger charge is 2.38. The number of nitrogens with zero attached hydrogens (tertiary/aromatic N) is 1. The third-order valence-electron chi connectivity index (χ3n) is 4.03. The Morgan fingerprint density at radius 1 is 1.13 bits per heavy atom. The number of nitrogens with one attached hydrogen (secondary N) is 1. The fraction of sp³-hybridized carbons (Fsp3) is 0.316. The molecule has 0 aliphatic carbocycles. The average molecular weight is 310 g/mol. The Morgan fingerprint density at radius 2 is 1.83 bits per heavy atom. The summed E-state index contributed by atoms with van der Waals surface area (Å²) in [6.45, 7) is 5.12. The van der Waals surface area contributed by atoms with E-state index in [4.69, 9.17) is 4.74 Å². The van der Waals surface area contributed by atoms with Crippen LogP contribution in [0.5, 0.6) is 5.75 Å². The Hall–Kier alpha value is -2.49. The van der Waals surface area contributed by atoms with Crippen molar-refractivity contribution < 1.29 is 9.53 Å². The first-order chi connectivity index (χ1) is 11.1. The zero-order chi connectivity index (χ0) is 16.3. The number of anilines is 1. The van der Waals surface area contributed by atoms with Crippen LogP contribution < -0.4 is 15.0 Å². The van der Waals surface area contributed by atoms with Crippen LogP contribution in [0.15, 0.2) is 54.6 Å².